The number of nitro benzene ring substituents is 1. The van der Waals surface area contributed by atoms with E-state index in [0.717, 1.165) is 5.69 Å². The molecular weight excluding hydrogens is 369 g/mol. The zero-order valence-corrected chi connectivity index (χ0v) is 14.9. The maximum atomic E-state index is 13.0. The van der Waals surface area contributed by atoms with E-state index < -0.39 is 17.5 Å². The minimum Gasteiger partial charge on any atom is -0.452 e. The average Bonchev–Trinajstić information content (AvgIpc) is 2.72. The predicted octanol–water partition coefficient (Wildman–Crippen LogP) is 2.24. The number of piperazine rings is 1. The number of ether oxygens (including phenoxy) is 1. The maximum Gasteiger partial charge on any atom is 0.338 e. The molecule has 1 aliphatic rings. The molecule has 1 heterocycles. The van der Waals surface area contributed by atoms with Gasteiger partial charge in [0, 0.05) is 44.0 Å². The lowest BCUT2D eigenvalue weighted by Crippen LogP contribution is -2.49. The van der Waals surface area contributed by atoms with Crippen LogP contribution in [-0.4, -0.2) is 54.5 Å². The Hall–Kier alpha value is -3.49. The van der Waals surface area contributed by atoms with Gasteiger partial charge < -0.3 is 14.5 Å². The number of carbonyl (C=O) groups is 2. The summed E-state index contributed by atoms with van der Waals surface area (Å²) in [7, 11) is 0. The molecule has 146 valence electrons. The van der Waals surface area contributed by atoms with Crippen molar-refractivity contribution >= 4 is 23.3 Å². The fourth-order valence-electron chi connectivity index (χ4n) is 2.89. The Bertz CT molecular complexity index is 862. The van der Waals surface area contributed by atoms with Gasteiger partial charge in [-0.15, -0.1) is 0 Å². The van der Waals surface area contributed by atoms with Crippen molar-refractivity contribution in [1.82, 2.24) is 4.90 Å². The molecule has 1 saturated heterocycles. The van der Waals surface area contributed by atoms with Crippen LogP contribution in [0.2, 0.25) is 0 Å². The number of hydrogen-bond donors (Lipinski definition) is 0. The summed E-state index contributed by atoms with van der Waals surface area (Å²) in [4.78, 5) is 37.9. The molecule has 0 aliphatic carbocycles. The van der Waals surface area contributed by atoms with Crippen molar-refractivity contribution in [3.8, 4) is 0 Å². The molecule has 1 amide bonds. The second-order valence-electron chi connectivity index (χ2n) is 6.22. The topological polar surface area (TPSA) is 93.0 Å². The Labute approximate surface area is 160 Å². The van der Waals surface area contributed by atoms with Crippen LogP contribution in [0.15, 0.2) is 48.5 Å². The molecule has 0 radical (unpaired) electrons. The summed E-state index contributed by atoms with van der Waals surface area (Å²) >= 11 is 0. The van der Waals surface area contributed by atoms with Crippen molar-refractivity contribution in [3.05, 3.63) is 70.0 Å². The number of rotatable bonds is 5. The summed E-state index contributed by atoms with van der Waals surface area (Å²) in [5.74, 6) is -1.32. The minimum atomic E-state index is -0.715. The number of nitro groups is 1. The van der Waals surface area contributed by atoms with Gasteiger partial charge in [-0.05, 0) is 36.4 Å². The lowest BCUT2D eigenvalue weighted by molar-refractivity contribution is -0.384. The fourth-order valence-corrected chi connectivity index (χ4v) is 2.89. The first kappa shape index (κ1) is 19.3. The molecule has 0 bridgehead atoms. The van der Waals surface area contributed by atoms with Crippen LogP contribution in [0.5, 0.6) is 0 Å². The lowest BCUT2D eigenvalue weighted by atomic mass is 10.2. The number of anilines is 1. The Morgan fingerprint density at radius 3 is 2.18 bits per heavy atom. The normalized spacial score (nSPS) is 13.9. The monoisotopic (exact) mass is 387 g/mol. The number of nitrogens with zero attached hydrogens (tertiary/aromatic N) is 3. The Balaban J connectivity index is 1.47. The second-order valence-corrected chi connectivity index (χ2v) is 6.22. The van der Waals surface area contributed by atoms with Crippen LogP contribution >= 0.6 is 0 Å². The Morgan fingerprint density at radius 1 is 1.00 bits per heavy atom. The zero-order chi connectivity index (χ0) is 20.1. The molecule has 9 heteroatoms. The Kier molecular flexibility index (Phi) is 5.83. The molecule has 0 aromatic heterocycles. The molecule has 0 saturated carbocycles. The van der Waals surface area contributed by atoms with Gasteiger partial charge in [0.05, 0.1) is 10.5 Å². The molecule has 0 atom stereocenters. The highest BCUT2D eigenvalue weighted by molar-refractivity contribution is 5.91. The van der Waals surface area contributed by atoms with Crippen molar-refractivity contribution in [2.24, 2.45) is 0 Å². The molecule has 0 spiro atoms. The highest BCUT2D eigenvalue weighted by Gasteiger charge is 2.22. The van der Waals surface area contributed by atoms with E-state index >= 15 is 0 Å². The average molecular weight is 387 g/mol. The van der Waals surface area contributed by atoms with Gasteiger partial charge in [-0.25, -0.2) is 9.18 Å². The van der Waals surface area contributed by atoms with E-state index in [1.165, 1.54) is 36.4 Å². The van der Waals surface area contributed by atoms with Gasteiger partial charge in [0.1, 0.15) is 5.82 Å². The minimum absolute atomic E-state index is 0.133. The molecule has 2 aromatic carbocycles. The number of non-ortho nitro benzene ring substituents is 1. The van der Waals surface area contributed by atoms with E-state index in [1.807, 2.05) is 4.90 Å². The molecule has 8 nitrogen and oxygen atoms in total. The van der Waals surface area contributed by atoms with Crippen molar-refractivity contribution < 1.29 is 23.6 Å². The largest absolute Gasteiger partial charge is 0.452 e. The highest BCUT2D eigenvalue weighted by atomic mass is 19.1. The van der Waals surface area contributed by atoms with E-state index in [-0.39, 0.29) is 23.0 Å². The summed E-state index contributed by atoms with van der Waals surface area (Å²) in [6.07, 6.45) is 0. The van der Waals surface area contributed by atoms with Crippen LogP contribution in [-0.2, 0) is 9.53 Å². The number of esters is 1. The summed E-state index contributed by atoms with van der Waals surface area (Å²) < 4.78 is 18.0. The third-order valence-corrected chi connectivity index (χ3v) is 4.46. The van der Waals surface area contributed by atoms with Crippen molar-refractivity contribution in [1.29, 1.82) is 0 Å². The quantitative estimate of drug-likeness (QED) is 0.444. The predicted molar refractivity (Wildman–Crippen MR) is 98.6 cm³/mol. The molecule has 0 N–H and O–H groups in total. The second kappa shape index (κ2) is 8.47. The van der Waals surface area contributed by atoms with Gasteiger partial charge in [-0.3, -0.25) is 14.9 Å². The molecule has 1 aliphatic heterocycles. The van der Waals surface area contributed by atoms with Gasteiger partial charge in [-0.2, -0.15) is 0 Å². The number of halogens is 1. The van der Waals surface area contributed by atoms with Gasteiger partial charge in [0.25, 0.3) is 11.6 Å². The van der Waals surface area contributed by atoms with Gasteiger partial charge in [0.2, 0.25) is 0 Å². The number of benzene rings is 2. The van der Waals surface area contributed by atoms with E-state index in [4.69, 9.17) is 4.74 Å². The number of amides is 1. The number of hydrogen-bond acceptors (Lipinski definition) is 6. The SMILES string of the molecule is O=C(OCC(=O)N1CCN(c2ccc(F)cc2)CC1)c1ccc([N+](=O)[O-])cc1. The van der Waals surface area contributed by atoms with E-state index in [2.05, 4.69) is 0 Å². The summed E-state index contributed by atoms with van der Waals surface area (Å²) in [5.41, 5.74) is 0.893. The van der Waals surface area contributed by atoms with Crippen LogP contribution in [0.1, 0.15) is 10.4 Å². The van der Waals surface area contributed by atoms with Crippen LogP contribution in [0.4, 0.5) is 15.8 Å². The highest BCUT2D eigenvalue weighted by Crippen LogP contribution is 2.17. The van der Waals surface area contributed by atoms with Crippen molar-refractivity contribution in [2.45, 2.75) is 0 Å². The standard InChI is InChI=1S/C19H18FN3O5/c20-15-3-7-16(8-4-15)21-9-11-22(12-10-21)18(24)13-28-19(25)14-1-5-17(6-2-14)23(26)27/h1-8H,9-13H2. The van der Waals surface area contributed by atoms with Crippen LogP contribution in [0, 0.1) is 15.9 Å². The van der Waals surface area contributed by atoms with Crippen molar-refractivity contribution in [3.63, 3.8) is 0 Å². The third kappa shape index (κ3) is 4.61. The molecule has 0 unspecified atom stereocenters. The molecular formula is C19H18FN3O5. The summed E-state index contributed by atoms with van der Waals surface area (Å²) in [6, 6.07) is 11.1. The van der Waals surface area contributed by atoms with Crippen molar-refractivity contribution in [2.75, 3.05) is 37.7 Å². The van der Waals surface area contributed by atoms with Gasteiger partial charge >= 0.3 is 5.97 Å². The van der Waals surface area contributed by atoms with E-state index in [9.17, 15) is 24.1 Å². The summed E-state index contributed by atoms with van der Waals surface area (Å²) in [5, 5.41) is 10.6. The fraction of sp³-hybridized carbons (Fsp3) is 0.263. The number of carbonyl (C=O) groups excluding carboxylic acids is 2. The molecule has 3 rings (SSSR count). The molecule has 2 aromatic rings. The smallest absolute Gasteiger partial charge is 0.338 e. The zero-order valence-electron chi connectivity index (χ0n) is 14.9. The van der Waals surface area contributed by atoms with E-state index in [1.54, 1.807) is 17.0 Å². The van der Waals surface area contributed by atoms with E-state index in [0.29, 0.717) is 26.2 Å². The maximum absolute atomic E-state index is 13.0. The van der Waals surface area contributed by atoms with Gasteiger partial charge in [0.15, 0.2) is 6.61 Å². The van der Waals surface area contributed by atoms with Crippen LogP contribution in [0.25, 0.3) is 0 Å². The Morgan fingerprint density at radius 2 is 1.61 bits per heavy atom. The van der Waals surface area contributed by atoms with Gasteiger partial charge in [-0.1, -0.05) is 0 Å². The van der Waals surface area contributed by atoms with Crippen LogP contribution in [0.3, 0.4) is 0 Å². The first-order chi connectivity index (χ1) is 13.4. The molecule has 1 fully saturated rings. The first-order valence-electron chi connectivity index (χ1n) is 8.64. The first-order valence-corrected chi connectivity index (χ1v) is 8.64. The summed E-state index contributed by atoms with van der Waals surface area (Å²) in [6.45, 7) is 1.71. The van der Waals surface area contributed by atoms with Crippen LogP contribution < -0.4 is 4.90 Å². The molecule has 28 heavy (non-hydrogen) atoms. The lowest BCUT2D eigenvalue weighted by Gasteiger charge is -2.36. The third-order valence-electron chi connectivity index (χ3n) is 4.46.